The lowest BCUT2D eigenvalue weighted by atomic mass is 9.77. The second-order valence-electron chi connectivity index (χ2n) is 13.6. The van der Waals surface area contributed by atoms with Crippen molar-refractivity contribution in [3.63, 3.8) is 0 Å². The third-order valence-electron chi connectivity index (χ3n) is 10.8. The fourth-order valence-electron chi connectivity index (χ4n) is 7.72. The van der Waals surface area contributed by atoms with Crippen LogP contribution in [-0.4, -0.2) is 43.4 Å². The first-order valence-electron chi connectivity index (χ1n) is 15.4. The molecule has 5 saturated carbocycles. The summed E-state index contributed by atoms with van der Waals surface area (Å²) in [6, 6.07) is 7.77. The molecule has 40 heavy (non-hydrogen) atoms. The SMILES string of the molecule is O=C(NS(=O)(=O)C1CC1)c1ccc(N2C[C@@H]3C[C@H]2C[C@H]3OCc2c(C3CCC4(CC3)CC4)noc2C2CC2)cc1. The zero-order valence-electron chi connectivity index (χ0n) is 23.0. The fraction of sp³-hybridized carbons (Fsp3) is 0.677. The molecule has 1 amide bonds. The number of amides is 1. The van der Waals surface area contributed by atoms with Crippen LogP contribution in [0.15, 0.2) is 28.8 Å². The summed E-state index contributed by atoms with van der Waals surface area (Å²) in [6.07, 6.45) is 14.0. The van der Waals surface area contributed by atoms with E-state index >= 15 is 0 Å². The van der Waals surface area contributed by atoms with Crippen LogP contribution in [0.25, 0.3) is 0 Å². The van der Waals surface area contributed by atoms with E-state index in [4.69, 9.17) is 9.26 Å². The molecule has 2 heterocycles. The Hall–Kier alpha value is -2.39. The van der Waals surface area contributed by atoms with Crippen LogP contribution in [0.3, 0.4) is 0 Å². The number of hydrogen-bond donors (Lipinski definition) is 1. The van der Waals surface area contributed by atoms with Crippen molar-refractivity contribution < 1.29 is 22.5 Å². The van der Waals surface area contributed by atoms with E-state index in [0.29, 0.717) is 54.2 Å². The first-order valence-corrected chi connectivity index (χ1v) is 16.9. The molecule has 8 rings (SSSR count). The van der Waals surface area contributed by atoms with E-state index in [2.05, 4.69) is 14.8 Å². The van der Waals surface area contributed by atoms with Gasteiger partial charge in [0.2, 0.25) is 10.0 Å². The highest BCUT2D eigenvalue weighted by Crippen LogP contribution is 2.59. The minimum Gasteiger partial charge on any atom is -0.373 e. The number of sulfonamides is 1. The van der Waals surface area contributed by atoms with Crippen molar-refractivity contribution in [1.82, 2.24) is 9.88 Å². The summed E-state index contributed by atoms with van der Waals surface area (Å²) < 4.78 is 39.1. The number of rotatable bonds is 9. The third kappa shape index (κ3) is 4.67. The van der Waals surface area contributed by atoms with Gasteiger partial charge in [-0.15, -0.1) is 0 Å². The van der Waals surface area contributed by atoms with Crippen LogP contribution in [0.4, 0.5) is 5.69 Å². The molecular formula is C31H39N3O5S. The zero-order chi connectivity index (χ0) is 27.1. The van der Waals surface area contributed by atoms with Crippen molar-refractivity contribution in [2.45, 2.75) is 113 Å². The number of fused-ring (bicyclic) bond motifs is 2. The molecule has 2 bridgehead atoms. The monoisotopic (exact) mass is 565 g/mol. The van der Waals surface area contributed by atoms with Crippen LogP contribution in [-0.2, 0) is 21.4 Å². The number of carbonyl (C=O) groups is 1. The Morgan fingerprint density at radius 2 is 1.75 bits per heavy atom. The third-order valence-corrected chi connectivity index (χ3v) is 12.6. The number of benzene rings is 1. The molecule has 1 aromatic carbocycles. The van der Waals surface area contributed by atoms with Gasteiger partial charge in [0, 0.05) is 47.2 Å². The molecule has 214 valence electrons. The van der Waals surface area contributed by atoms with Crippen LogP contribution in [0.5, 0.6) is 0 Å². The minimum atomic E-state index is -3.54. The van der Waals surface area contributed by atoms with Gasteiger partial charge in [-0.1, -0.05) is 5.16 Å². The number of nitrogens with zero attached hydrogens (tertiary/aromatic N) is 2. The summed E-state index contributed by atoms with van der Waals surface area (Å²) in [5, 5.41) is 4.23. The minimum absolute atomic E-state index is 0.245. The molecule has 1 saturated heterocycles. The molecule has 1 aromatic heterocycles. The summed E-state index contributed by atoms with van der Waals surface area (Å²) in [6.45, 7) is 1.56. The summed E-state index contributed by atoms with van der Waals surface area (Å²) >= 11 is 0. The van der Waals surface area contributed by atoms with Crippen LogP contribution in [0.1, 0.15) is 116 Å². The molecule has 6 aliphatic rings. The highest BCUT2D eigenvalue weighted by atomic mass is 32.2. The summed E-state index contributed by atoms with van der Waals surface area (Å²) in [7, 11) is -3.54. The van der Waals surface area contributed by atoms with E-state index in [1.54, 1.807) is 12.1 Å². The quantitative estimate of drug-likeness (QED) is 0.435. The van der Waals surface area contributed by atoms with E-state index in [0.717, 1.165) is 30.8 Å². The maximum atomic E-state index is 12.5. The number of piperidine rings is 1. The lowest BCUT2D eigenvalue weighted by Crippen LogP contribution is -2.38. The van der Waals surface area contributed by atoms with Gasteiger partial charge in [0.25, 0.3) is 5.91 Å². The summed E-state index contributed by atoms with van der Waals surface area (Å²) in [5.74, 6) is 2.09. The van der Waals surface area contributed by atoms with E-state index in [1.165, 1.54) is 62.6 Å². The van der Waals surface area contributed by atoms with E-state index in [1.807, 2.05) is 12.1 Å². The normalized spacial score (nSPS) is 29.3. The molecule has 3 atom stereocenters. The molecule has 1 spiro atoms. The Labute approximate surface area is 236 Å². The second-order valence-corrected chi connectivity index (χ2v) is 15.5. The molecule has 8 nitrogen and oxygen atoms in total. The lowest BCUT2D eigenvalue weighted by Gasteiger charge is -2.33. The smallest absolute Gasteiger partial charge is 0.264 e. The average Bonchev–Trinajstić information content (AvgIpc) is 3.91. The van der Waals surface area contributed by atoms with Crippen molar-refractivity contribution >= 4 is 21.6 Å². The van der Waals surface area contributed by atoms with Crippen molar-refractivity contribution in [3.05, 3.63) is 46.8 Å². The van der Waals surface area contributed by atoms with E-state index in [9.17, 15) is 13.2 Å². The molecule has 5 aliphatic carbocycles. The van der Waals surface area contributed by atoms with Gasteiger partial charge in [0.15, 0.2) is 0 Å². The van der Waals surface area contributed by atoms with Gasteiger partial charge < -0.3 is 14.2 Å². The number of hydrogen-bond acceptors (Lipinski definition) is 7. The maximum absolute atomic E-state index is 12.5. The van der Waals surface area contributed by atoms with Gasteiger partial charge >= 0.3 is 0 Å². The summed E-state index contributed by atoms with van der Waals surface area (Å²) in [5.41, 5.74) is 4.58. The highest BCUT2D eigenvalue weighted by molar-refractivity contribution is 7.91. The fourth-order valence-corrected chi connectivity index (χ4v) is 9.02. The highest BCUT2D eigenvalue weighted by Gasteiger charge is 2.48. The number of nitrogens with one attached hydrogen (secondary N) is 1. The first kappa shape index (κ1) is 25.3. The van der Waals surface area contributed by atoms with Crippen LogP contribution < -0.4 is 9.62 Å². The van der Waals surface area contributed by atoms with Gasteiger partial charge in [-0.25, -0.2) is 13.1 Å². The Morgan fingerprint density at radius 1 is 1.00 bits per heavy atom. The van der Waals surface area contributed by atoms with Gasteiger partial charge in [-0.2, -0.15) is 0 Å². The average molecular weight is 566 g/mol. The van der Waals surface area contributed by atoms with Gasteiger partial charge in [-0.3, -0.25) is 4.79 Å². The largest absolute Gasteiger partial charge is 0.373 e. The number of anilines is 1. The molecular weight excluding hydrogens is 526 g/mol. The Bertz CT molecular complexity index is 1400. The Balaban J connectivity index is 0.893. The summed E-state index contributed by atoms with van der Waals surface area (Å²) in [4.78, 5) is 14.9. The van der Waals surface area contributed by atoms with E-state index in [-0.39, 0.29) is 6.10 Å². The Kier molecular flexibility index (Phi) is 5.90. The van der Waals surface area contributed by atoms with Crippen molar-refractivity contribution in [2.24, 2.45) is 11.3 Å². The van der Waals surface area contributed by atoms with Crippen LogP contribution in [0, 0.1) is 11.3 Å². The molecule has 9 heteroatoms. The second kappa shape index (κ2) is 9.31. The Morgan fingerprint density at radius 3 is 2.38 bits per heavy atom. The van der Waals surface area contributed by atoms with Crippen molar-refractivity contribution in [2.75, 3.05) is 11.4 Å². The van der Waals surface area contributed by atoms with Crippen molar-refractivity contribution in [3.8, 4) is 0 Å². The molecule has 0 radical (unpaired) electrons. The first-order chi connectivity index (χ1) is 19.4. The molecule has 2 aromatic rings. The van der Waals surface area contributed by atoms with Crippen LogP contribution >= 0.6 is 0 Å². The van der Waals surface area contributed by atoms with Gasteiger partial charge in [-0.05, 0) is 107 Å². The van der Waals surface area contributed by atoms with Crippen LogP contribution in [0.2, 0.25) is 0 Å². The zero-order valence-corrected chi connectivity index (χ0v) is 23.8. The lowest BCUT2D eigenvalue weighted by molar-refractivity contribution is 0.0116. The number of carbonyl (C=O) groups excluding carboxylic acids is 1. The standard InChI is InChI=1S/C31H39N3O5S/c35-30(33-40(36,37)25-7-8-25)21-3-5-23(6-4-21)34-17-22-15-24(34)16-27(22)38-18-26-28(32-39-29(26)20-1-2-20)19-9-11-31(12-10-19)13-14-31/h3-6,19-20,22,24-25,27H,1-2,7-18H2,(H,33,35)/t22-,24-,27+/m0/s1. The molecule has 6 fully saturated rings. The number of ether oxygens (including phenoxy) is 1. The van der Waals surface area contributed by atoms with E-state index < -0.39 is 21.2 Å². The van der Waals surface area contributed by atoms with Gasteiger partial charge in [0.05, 0.1) is 23.7 Å². The molecule has 0 unspecified atom stereocenters. The maximum Gasteiger partial charge on any atom is 0.264 e. The van der Waals surface area contributed by atoms with Crippen molar-refractivity contribution in [1.29, 1.82) is 0 Å². The molecule has 1 N–H and O–H groups in total. The predicted molar refractivity (Wildman–Crippen MR) is 150 cm³/mol. The molecule has 1 aliphatic heterocycles. The number of aromatic nitrogens is 1. The topological polar surface area (TPSA) is 102 Å². The predicted octanol–water partition coefficient (Wildman–Crippen LogP) is 5.40. The van der Waals surface area contributed by atoms with Gasteiger partial charge in [0.1, 0.15) is 5.76 Å².